The topological polar surface area (TPSA) is 59.6 Å². The van der Waals surface area contributed by atoms with Gasteiger partial charge in [0.2, 0.25) is 12.7 Å². The zero-order chi connectivity index (χ0) is 17.8. The van der Waals surface area contributed by atoms with Crippen molar-refractivity contribution in [2.75, 3.05) is 13.3 Å². The number of hydrogen-bond acceptors (Lipinski definition) is 4. The largest absolute Gasteiger partial charge is 0.454 e. The molecule has 1 aliphatic heterocycles. The number of carbonyl (C=O) groups excluding carboxylic acids is 1. The Kier molecular flexibility index (Phi) is 5.46. The molecule has 2 atom stereocenters. The van der Waals surface area contributed by atoms with Crippen LogP contribution in [0.3, 0.4) is 0 Å². The van der Waals surface area contributed by atoms with Crippen molar-refractivity contribution in [3.05, 3.63) is 58.6 Å². The van der Waals surface area contributed by atoms with E-state index in [2.05, 4.69) is 10.6 Å². The maximum absolute atomic E-state index is 12.2. The van der Waals surface area contributed by atoms with Gasteiger partial charge in [0, 0.05) is 11.1 Å². The molecule has 6 heteroatoms. The summed E-state index contributed by atoms with van der Waals surface area (Å²) in [6, 6.07) is 13.2. The second-order valence-electron chi connectivity index (χ2n) is 6.06. The van der Waals surface area contributed by atoms with Crippen molar-refractivity contribution in [2.45, 2.75) is 25.9 Å². The summed E-state index contributed by atoms with van der Waals surface area (Å²) in [5.41, 5.74) is 2.06. The van der Waals surface area contributed by atoms with E-state index in [1.54, 1.807) is 0 Å². The van der Waals surface area contributed by atoms with Gasteiger partial charge in [-0.15, -0.1) is 0 Å². The molecule has 0 radical (unpaired) electrons. The Morgan fingerprint density at radius 2 is 1.72 bits per heavy atom. The normalized spacial score (nSPS) is 14.8. The maximum Gasteiger partial charge on any atom is 0.234 e. The van der Waals surface area contributed by atoms with Gasteiger partial charge < -0.3 is 20.1 Å². The number of ether oxygens (including phenoxy) is 2. The van der Waals surface area contributed by atoms with E-state index in [-0.39, 0.29) is 31.3 Å². The third-order valence-electron chi connectivity index (χ3n) is 4.21. The highest BCUT2D eigenvalue weighted by Crippen LogP contribution is 2.34. The third kappa shape index (κ3) is 4.44. The Hall–Kier alpha value is -2.24. The fraction of sp³-hybridized carbons (Fsp3) is 0.316. The second-order valence-corrected chi connectivity index (χ2v) is 6.49. The van der Waals surface area contributed by atoms with Crippen LogP contribution in [0.25, 0.3) is 0 Å². The van der Waals surface area contributed by atoms with Crippen molar-refractivity contribution in [1.82, 2.24) is 10.6 Å². The molecule has 0 bridgehead atoms. The van der Waals surface area contributed by atoms with Crippen LogP contribution in [0.1, 0.15) is 37.1 Å². The lowest BCUT2D eigenvalue weighted by Gasteiger charge is -2.17. The third-order valence-corrected chi connectivity index (χ3v) is 4.46. The fourth-order valence-corrected chi connectivity index (χ4v) is 2.80. The molecule has 0 fully saturated rings. The van der Waals surface area contributed by atoms with Crippen molar-refractivity contribution in [3.63, 3.8) is 0 Å². The predicted octanol–water partition coefficient (Wildman–Crippen LogP) is 3.60. The van der Waals surface area contributed by atoms with Gasteiger partial charge in [-0.25, -0.2) is 0 Å². The van der Waals surface area contributed by atoms with Crippen LogP contribution >= 0.6 is 11.6 Å². The SMILES string of the molecule is C[C@H](NCC(=O)N[C@H](C)c1ccc2c(c1)OCO2)c1ccc(Cl)cc1. The van der Waals surface area contributed by atoms with Crippen molar-refractivity contribution in [1.29, 1.82) is 0 Å². The lowest BCUT2D eigenvalue weighted by molar-refractivity contribution is -0.121. The Morgan fingerprint density at radius 1 is 1.04 bits per heavy atom. The smallest absolute Gasteiger partial charge is 0.234 e. The number of fused-ring (bicyclic) bond motifs is 1. The van der Waals surface area contributed by atoms with Crippen molar-refractivity contribution < 1.29 is 14.3 Å². The number of benzene rings is 2. The first-order valence-electron chi connectivity index (χ1n) is 8.20. The molecular formula is C19H21ClN2O3. The van der Waals surface area contributed by atoms with Crippen LogP contribution in [0.15, 0.2) is 42.5 Å². The number of halogens is 1. The molecule has 0 saturated carbocycles. The lowest BCUT2D eigenvalue weighted by Crippen LogP contribution is -2.36. The Bertz CT molecular complexity index is 749. The summed E-state index contributed by atoms with van der Waals surface area (Å²) in [6.07, 6.45) is 0. The van der Waals surface area contributed by atoms with Crippen molar-refractivity contribution in [3.8, 4) is 11.5 Å². The van der Waals surface area contributed by atoms with Crippen LogP contribution in [0.5, 0.6) is 11.5 Å². The molecule has 0 unspecified atom stereocenters. The van der Waals surface area contributed by atoms with Crippen molar-refractivity contribution in [2.24, 2.45) is 0 Å². The minimum atomic E-state index is -0.116. The van der Waals surface area contributed by atoms with E-state index in [9.17, 15) is 4.79 Å². The zero-order valence-electron chi connectivity index (χ0n) is 14.2. The zero-order valence-corrected chi connectivity index (χ0v) is 15.0. The number of carbonyl (C=O) groups is 1. The molecule has 0 saturated heterocycles. The van der Waals surface area contributed by atoms with Gasteiger partial charge in [-0.3, -0.25) is 4.79 Å². The van der Waals surface area contributed by atoms with E-state index in [0.29, 0.717) is 10.8 Å². The van der Waals surface area contributed by atoms with Gasteiger partial charge in [0.15, 0.2) is 11.5 Å². The van der Waals surface area contributed by atoms with Crippen LogP contribution in [0, 0.1) is 0 Å². The Balaban J connectivity index is 1.51. The van der Waals surface area contributed by atoms with E-state index >= 15 is 0 Å². The number of rotatable bonds is 6. The first kappa shape index (κ1) is 17.6. The molecule has 5 nitrogen and oxygen atoms in total. The molecule has 0 spiro atoms. The Morgan fingerprint density at radius 3 is 2.48 bits per heavy atom. The van der Waals surface area contributed by atoms with Crippen LogP contribution < -0.4 is 20.1 Å². The number of nitrogens with one attached hydrogen (secondary N) is 2. The minimum absolute atomic E-state index is 0.0591. The van der Waals surface area contributed by atoms with Gasteiger partial charge >= 0.3 is 0 Å². The van der Waals surface area contributed by atoms with Gasteiger partial charge in [0.25, 0.3) is 0 Å². The van der Waals surface area contributed by atoms with Gasteiger partial charge in [0.1, 0.15) is 0 Å². The average molecular weight is 361 g/mol. The minimum Gasteiger partial charge on any atom is -0.454 e. The quantitative estimate of drug-likeness (QED) is 0.826. The maximum atomic E-state index is 12.2. The van der Waals surface area contributed by atoms with E-state index in [1.165, 1.54) is 0 Å². The van der Waals surface area contributed by atoms with Crippen molar-refractivity contribution >= 4 is 17.5 Å². The molecule has 2 aromatic carbocycles. The monoisotopic (exact) mass is 360 g/mol. The average Bonchev–Trinajstić information content (AvgIpc) is 3.08. The summed E-state index contributed by atoms with van der Waals surface area (Å²) >= 11 is 5.89. The fourth-order valence-electron chi connectivity index (χ4n) is 2.67. The lowest BCUT2D eigenvalue weighted by atomic mass is 10.1. The summed E-state index contributed by atoms with van der Waals surface area (Å²) in [6.45, 7) is 4.43. The van der Waals surface area contributed by atoms with Crippen LogP contribution in [0.2, 0.25) is 5.02 Å². The summed E-state index contributed by atoms with van der Waals surface area (Å²) in [7, 11) is 0. The predicted molar refractivity (Wildman–Crippen MR) is 97.0 cm³/mol. The van der Waals surface area contributed by atoms with Gasteiger partial charge in [-0.1, -0.05) is 29.8 Å². The van der Waals surface area contributed by atoms with Crippen LogP contribution in [-0.2, 0) is 4.79 Å². The summed E-state index contributed by atoms with van der Waals surface area (Å²) in [5.74, 6) is 1.39. The number of amides is 1. The second kappa shape index (κ2) is 7.76. The van der Waals surface area contributed by atoms with E-state index in [0.717, 1.165) is 16.9 Å². The van der Waals surface area contributed by atoms with Gasteiger partial charge in [-0.2, -0.15) is 0 Å². The van der Waals surface area contributed by atoms with Gasteiger partial charge in [-0.05, 0) is 49.2 Å². The molecule has 25 heavy (non-hydrogen) atoms. The molecule has 0 aliphatic carbocycles. The standard InChI is InChI=1S/C19H21ClN2O3/c1-12(14-3-6-16(20)7-4-14)21-10-19(23)22-13(2)15-5-8-17-18(9-15)25-11-24-17/h3-9,12-13,21H,10-11H2,1-2H3,(H,22,23)/t12-,13+/m0/s1. The van der Waals surface area contributed by atoms with E-state index in [1.807, 2.05) is 56.3 Å². The highest BCUT2D eigenvalue weighted by Gasteiger charge is 2.17. The van der Waals surface area contributed by atoms with E-state index < -0.39 is 0 Å². The van der Waals surface area contributed by atoms with Crippen LogP contribution in [-0.4, -0.2) is 19.2 Å². The molecule has 132 valence electrons. The molecule has 1 heterocycles. The molecule has 2 aromatic rings. The van der Waals surface area contributed by atoms with Crippen LogP contribution in [0.4, 0.5) is 0 Å². The highest BCUT2D eigenvalue weighted by atomic mass is 35.5. The molecule has 3 rings (SSSR count). The number of hydrogen-bond donors (Lipinski definition) is 2. The first-order chi connectivity index (χ1) is 12.0. The summed E-state index contributed by atoms with van der Waals surface area (Å²) in [5, 5.41) is 6.90. The van der Waals surface area contributed by atoms with E-state index in [4.69, 9.17) is 21.1 Å². The Labute approximate surface area is 152 Å². The molecule has 2 N–H and O–H groups in total. The molecule has 0 aromatic heterocycles. The summed E-state index contributed by atoms with van der Waals surface area (Å²) < 4.78 is 10.7. The summed E-state index contributed by atoms with van der Waals surface area (Å²) in [4.78, 5) is 12.2. The molecule has 1 aliphatic rings. The molecular weight excluding hydrogens is 340 g/mol. The van der Waals surface area contributed by atoms with Gasteiger partial charge in [0.05, 0.1) is 12.6 Å². The molecule has 1 amide bonds. The highest BCUT2D eigenvalue weighted by molar-refractivity contribution is 6.30. The first-order valence-corrected chi connectivity index (χ1v) is 8.58.